The van der Waals surface area contributed by atoms with Gasteiger partial charge in [-0.15, -0.1) is 6.58 Å². The molecular formula is C21H34O2. The molecule has 0 aliphatic rings. The van der Waals surface area contributed by atoms with Gasteiger partial charge in [0.05, 0.1) is 13.2 Å². The number of hydrogen-bond donors (Lipinski definition) is 0. The molecule has 0 amide bonds. The minimum absolute atomic E-state index is 0.0819. The van der Waals surface area contributed by atoms with E-state index in [0.717, 1.165) is 12.2 Å². The number of methoxy groups -OCH3 is 2. The van der Waals surface area contributed by atoms with Gasteiger partial charge in [0.1, 0.15) is 5.75 Å². The summed E-state index contributed by atoms with van der Waals surface area (Å²) < 4.78 is 11.0. The van der Waals surface area contributed by atoms with Crippen LogP contribution in [0.5, 0.6) is 5.75 Å². The van der Waals surface area contributed by atoms with Gasteiger partial charge < -0.3 is 9.47 Å². The summed E-state index contributed by atoms with van der Waals surface area (Å²) >= 11 is 0. The van der Waals surface area contributed by atoms with Gasteiger partial charge in [0.25, 0.3) is 0 Å². The van der Waals surface area contributed by atoms with Gasteiger partial charge in [-0.1, -0.05) is 70.1 Å². The molecule has 0 unspecified atom stereocenters. The average Bonchev–Trinajstić information content (AvgIpc) is 2.60. The molecule has 0 N–H and O–H groups in total. The highest BCUT2D eigenvalue weighted by Crippen LogP contribution is 2.31. The highest BCUT2D eigenvalue weighted by Gasteiger charge is 2.20. The van der Waals surface area contributed by atoms with E-state index in [-0.39, 0.29) is 6.10 Å². The van der Waals surface area contributed by atoms with Gasteiger partial charge in [0.15, 0.2) is 0 Å². The van der Waals surface area contributed by atoms with Crippen LogP contribution in [0, 0.1) is 5.92 Å². The molecule has 0 aliphatic heterocycles. The second-order valence-electron chi connectivity index (χ2n) is 6.24. The predicted molar refractivity (Wildman–Crippen MR) is 99.0 cm³/mol. The maximum Gasteiger partial charge on any atom is 0.118 e. The molecule has 0 aliphatic carbocycles. The van der Waals surface area contributed by atoms with Gasteiger partial charge in [0, 0.05) is 13.0 Å². The molecule has 0 heterocycles. The van der Waals surface area contributed by atoms with Crippen LogP contribution in [0.25, 0.3) is 0 Å². The van der Waals surface area contributed by atoms with E-state index in [1.807, 2.05) is 12.1 Å². The van der Waals surface area contributed by atoms with Crippen molar-refractivity contribution in [1.29, 1.82) is 0 Å². The third-order valence-electron chi connectivity index (χ3n) is 4.53. The molecule has 0 fully saturated rings. The second kappa shape index (κ2) is 12.2. The van der Waals surface area contributed by atoms with E-state index >= 15 is 0 Å². The molecule has 1 rings (SSSR count). The zero-order valence-corrected chi connectivity index (χ0v) is 15.2. The predicted octanol–water partition coefficient (Wildman–Crippen LogP) is 6.33. The van der Waals surface area contributed by atoms with Crippen LogP contribution in [-0.4, -0.2) is 14.2 Å². The zero-order valence-electron chi connectivity index (χ0n) is 15.2. The van der Waals surface area contributed by atoms with Gasteiger partial charge in [-0.2, -0.15) is 0 Å². The van der Waals surface area contributed by atoms with Crippen molar-refractivity contribution in [3.05, 3.63) is 42.5 Å². The SMILES string of the molecule is C=C[C@@H](CCCCCCCCC)[C@H](OC)c1ccc(OC)cc1. The van der Waals surface area contributed by atoms with Crippen LogP contribution in [0.3, 0.4) is 0 Å². The Labute approximate surface area is 142 Å². The Morgan fingerprint density at radius 2 is 1.57 bits per heavy atom. The lowest BCUT2D eigenvalue weighted by Gasteiger charge is -2.24. The first-order chi connectivity index (χ1) is 11.3. The van der Waals surface area contributed by atoms with Gasteiger partial charge >= 0.3 is 0 Å². The molecule has 23 heavy (non-hydrogen) atoms. The normalized spacial score (nSPS) is 13.5. The van der Waals surface area contributed by atoms with Crippen molar-refractivity contribution in [2.24, 2.45) is 5.92 Å². The van der Waals surface area contributed by atoms with Crippen LogP contribution in [0.4, 0.5) is 0 Å². The Morgan fingerprint density at radius 3 is 2.09 bits per heavy atom. The minimum Gasteiger partial charge on any atom is -0.497 e. The zero-order chi connectivity index (χ0) is 16.9. The quantitative estimate of drug-likeness (QED) is 0.313. The molecule has 2 heteroatoms. The van der Waals surface area contributed by atoms with E-state index in [2.05, 4.69) is 31.7 Å². The smallest absolute Gasteiger partial charge is 0.118 e. The molecule has 0 aromatic heterocycles. The van der Waals surface area contributed by atoms with Crippen LogP contribution in [0.2, 0.25) is 0 Å². The van der Waals surface area contributed by atoms with Crippen molar-refractivity contribution in [3.8, 4) is 5.75 Å². The molecule has 0 saturated carbocycles. The minimum atomic E-state index is 0.0819. The number of benzene rings is 1. The maximum atomic E-state index is 5.76. The first-order valence-electron chi connectivity index (χ1n) is 9.06. The Kier molecular flexibility index (Phi) is 10.5. The van der Waals surface area contributed by atoms with Crippen LogP contribution in [-0.2, 0) is 4.74 Å². The molecule has 1 aromatic carbocycles. The monoisotopic (exact) mass is 318 g/mol. The molecule has 0 bridgehead atoms. The van der Waals surface area contributed by atoms with E-state index in [1.165, 1.54) is 50.5 Å². The summed E-state index contributed by atoms with van der Waals surface area (Å²) in [6, 6.07) is 8.17. The number of unbranched alkanes of at least 4 members (excludes halogenated alkanes) is 6. The van der Waals surface area contributed by atoms with E-state index in [9.17, 15) is 0 Å². The van der Waals surface area contributed by atoms with E-state index in [4.69, 9.17) is 9.47 Å². The lowest BCUT2D eigenvalue weighted by Crippen LogP contribution is -2.13. The van der Waals surface area contributed by atoms with Gasteiger partial charge in [-0.25, -0.2) is 0 Å². The number of hydrogen-bond acceptors (Lipinski definition) is 2. The Balaban J connectivity index is 2.44. The lowest BCUT2D eigenvalue weighted by atomic mass is 9.90. The van der Waals surface area contributed by atoms with Crippen LogP contribution in [0.15, 0.2) is 36.9 Å². The molecule has 2 nitrogen and oxygen atoms in total. The van der Waals surface area contributed by atoms with E-state index in [0.29, 0.717) is 5.92 Å². The summed E-state index contributed by atoms with van der Waals surface area (Å²) in [5, 5.41) is 0. The fourth-order valence-corrected chi connectivity index (χ4v) is 3.08. The Hall–Kier alpha value is -1.28. The van der Waals surface area contributed by atoms with Gasteiger partial charge in [-0.3, -0.25) is 0 Å². The van der Waals surface area contributed by atoms with E-state index < -0.39 is 0 Å². The van der Waals surface area contributed by atoms with Crippen LogP contribution < -0.4 is 4.74 Å². The standard InChI is InChI=1S/C21H34O2/c1-5-7-8-9-10-11-12-13-18(6-2)21(23-4)19-14-16-20(22-3)17-15-19/h6,14-18,21H,2,5,7-13H2,1,3-4H3/t18-,21-/m0/s1. The molecule has 1 aromatic rings. The summed E-state index contributed by atoms with van der Waals surface area (Å²) in [7, 11) is 3.48. The Morgan fingerprint density at radius 1 is 0.957 bits per heavy atom. The highest BCUT2D eigenvalue weighted by molar-refractivity contribution is 5.29. The molecule has 0 radical (unpaired) electrons. The molecule has 130 valence electrons. The summed E-state index contributed by atoms with van der Waals surface area (Å²) in [4.78, 5) is 0. The molecule has 0 saturated heterocycles. The van der Waals surface area contributed by atoms with E-state index in [1.54, 1.807) is 14.2 Å². The Bertz CT molecular complexity index is 410. The van der Waals surface area contributed by atoms with Crippen LogP contribution >= 0.6 is 0 Å². The third kappa shape index (κ3) is 7.22. The summed E-state index contributed by atoms with van der Waals surface area (Å²) in [6.07, 6.45) is 12.6. The first-order valence-corrected chi connectivity index (χ1v) is 9.06. The fraction of sp³-hybridized carbons (Fsp3) is 0.619. The van der Waals surface area contributed by atoms with Crippen molar-refractivity contribution in [1.82, 2.24) is 0 Å². The molecule has 0 spiro atoms. The summed E-state index contributed by atoms with van der Waals surface area (Å²) in [6.45, 7) is 6.29. The summed E-state index contributed by atoms with van der Waals surface area (Å²) in [5.74, 6) is 1.25. The average molecular weight is 319 g/mol. The molecule has 2 atom stereocenters. The van der Waals surface area contributed by atoms with Crippen molar-refractivity contribution >= 4 is 0 Å². The van der Waals surface area contributed by atoms with Crippen molar-refractivity contribution in [3.63, 3.8) is 0 Å². The topological polar surface area (TPSA) is 18.5 Å². The molecular weight excluding hydrogens is 284 g/mol. The first kappa shape index (κ1) is 19.8. The second-order valence-corrected chi connectivity index (χ2v) is 6.24. The largest absolute Gasteiger partial charge is 0.497 e. The van der Waals surface area contributed by atoms with Gasteiger partial charge in [0.2, 0.25) is 0 Å². The van der Waals surface area contributed by atoms with Crippen molar-refractivity contribution in [2.45, 2.75) is 64.4 Å². The number of rotatable bonds is 13. The highest BCUT2D eigenvalue weighted by atomic mass is 16.5. The van der Waals surface area contributed by atoms with Gasteiger partial charge in [-0.05, 0) is 24.1 Å². The van der Waals surface area contributed by atoms with Crippen molar-refractivity contribution < 1.29 is 9.47 Å². The van der Waals surface area contributed by atoms with Crippen molar-refractivity contribution in [2.75, 3.05) is 14.2 Å². The fourth-order valence-electron chi connectivity index (χ4n) is 3.08. The summed E-state index contributed by atoms with van der Waals surface area (Å²) in [5.41, 5.74) is 1.20. The van der Waals surface area contributed by atoms with Crippen LogP contribution in [0.1, 0.15) is 70.0 Å². The third-order valence-corrected chi connectivity index (χ3v) is 4.53. The number of ether oxygens (including phenoxy) is 2. The maximum absolute atomic E-state index is 5.76. The lowest BCUT2D eigenvalue weighted by molar-refractivity contribution is 0.0642.